The second kappa shape index (κ2) is 9.36. The van der Waals surface area contributed by atoms with Crippen LogP contribution in [0.2, 0.25) is 0 Å². The van der Waals surface area contributed by atoms with Gasteiger partial charge in [-0.15, -0.1) is 0 Å². The lowest BCUT2D eigenvalue weighted by Crippen LogP contribution is -2.26. The average molecular weight is 434 g/mol. The summed E-state index contributed by atoms with van der Waals surface area (Å²) in [6.45, 7) is 1.68. The normalized spacial score (nSPS) is 11.7. The second-order valence-corrected chi connectivity index (χ2v) is 6.85. The van der Waals surface area contributed by atoms with Gasteiger partial charge < -0.3 is 28.9 Å². The van der Waals surface area contributed by atoms with Crippen molar-refractivity contribution in [3.05, 3.63) is 61.3 Å². The molecule has 0 bridgehead atoms. The fraction of sp³-hybridized carbons (Fsp3) is 0.174. The third-order valence-electron chi connectivity index (χ3n) is 4.83. The van der Waals surface area contributed by atoms with Gasteiger partial charge in [-0.05, 0) is 31.2 Å². The number of para-hydroxylation sites is 1. The quantitative estimate of drug-likeness (QED) is 0.410. The lowest BCUT2D eigenvalue weighted by molar-refractivity contribution is -0.124. The van der Waals surface area contributed by atoms with Gasteiger partial charge >= 0.3 is 0 Å². The number of benzene rings is 2. The molecule has 2 N–H and O–H groups in total. The van der Waals surface area contributed by atoms with Crippen molar-refractivity contribution in [2.75, 3.05) is 24.9 Å². The van der Waals surface area contributed by atoms with Crippen molar-refractivity contribution in [3.8, 4) is 28.4 Å². The maximum Gasteiger partial charge on any atom is 0.299 e. The van der Waals surface area contributed by atoms with E-state index in [2.05, 4.69) is 20.6 Å². The lowest BCUT2D eigenvalue weighted by Gasteiger charge is -2.12. The van der Waals surface area contributed by atoms with Crippen LogP contribution in [-0.4, -0.2) is 36.2 Å². The number of hydrogen-bond acceptors (Lipinski definition) is 8. The largest absolute Gasteiger partial charge is 0.496 e. The molecule has 2 aromatic carbocycles. The monoisotopic (exact) mass is 434 g/mol. The summed E-state index contributed by atoms with van der Waals surface area (Å²) >= 11 is 0. The van der Waals surface area contributed by atoms with E-state index in [1.165, 1.54) is 13.5 Å². The molecule has 4 aromatic rings. The summed E-state index contributed by atoms with van der Waals surface area (Å²) in [5.41, 5.74) is 2.79. The van der Waals surface area contributed by atoms with Gasteiger partial charge in [-0.1, -0.05) is 12.1 Å². The molecule has 0 saturated carbocycles. The van der Waals surface area contributed by atoms with Crippen LogP contribution < -0.4 is 15.4 Å². The van der Waals surface area contributed by atoms with Crippen LogP contribution in [0.1, 0.15) is 6.92 Å². The van der Waals surface area contributed by atoms with Gasteiger partial charge in [0.25, 0.3) is 11.9 Å². The van der Waals surface area contributed by atoms with E-state index < -0.39 is 6.10 Å². The number of nitrogens with one attached hydrogen (secondary N) is 2. The number of anilines is 3. The highest BCUT2D eigenvalue weighted by atomic mass is 16.5. The summed E-state index contributed by atoms with van der Waals surface area (Å²) in [5.74, 6) is 1.46. The molecule has 0 aliphatic heterocycles. The first-order chi connectivity index (χ1) is 15.6. The summed E-state index contributed by atoms with van der Waals surface area (Å²) in [6.07, 6.45) is 4.00. The van der Waals surface area contributed by atoms with Crippen molar-refractivity contribution >= 4 is 23.3 Å². The third kappa shape index (κ3) is 4.47. The van der Waals surface area contributed by atoms with Gasteiger partial charge in [-0.3, -0.25) is 4.79 Å². The summed E-state index contributed by atoms with van der Waals surface area (Å²) in [7, 11) is 3.06. The summed E-state index contributed by atoms with van der Waals surface area (Å²) in [4.78, 5) is 20.5. The number of carbonyl (C=O) groups excluding carboxylic acids is 1. The fourth-order valence-electron chi connectivity index (χ4n) is 3.05. The number of methoxy groups -OCH3 is 2. The molecule has 0 fully saturated rings. The van der Waals surface area contributed by atoms with Crippen molar-refractivity contribution in [2.45, 2.75) is 13.0 Å². The second-order valence-electron chi connectivity index (χ2n) is 6.85. The molecule has 9 nitrogen and oxygen atoms in total. The van der Waals surface area contributed by atoms with E-state index in [-0.39, 0.29) is 5.91 Å². The van der Waals surface area contributed by atoms with Crippen LogP contribution in [0.15, 0.2) is 70.1 Å². The van der Waals surface area contributed by atoms with Gasteiger partial charge in [0.05, 0.1) is 30.8 Å². The number of amides is 1. The minimum Gasteiger partial charge on any atom is -0.496 e. The Morgan fingerprint density at radius 3 is 2.66 bits per heavy atom. The molecule has 0 saturated heterocycles. The number of hydrogen-bond donors (Lipinski definition) is 2. The molecule has 2 aromatic heterocycles. The molecule has 0 aliphatic carbocycles. The molecule has 4 rings (SSSR count). The van der Waals surface area contributed by atoms with E-state index in [0.717, 1.165) is 5.56 Å². The molecule has 0 radical (unpaired) electrons. The van der Waals surface area contributed by atoms with Gasteiger partial charge in [0, 0.05) is 24.4 Å². The summed E-state index contributed by atoms with van der Waals surface area (Å²) in [6, 6.07) is 13.1. The van der Waals surface area contributed by atoms with Crippen LogP contribution in [-0.2, 0) is 9.53 Å². The molecule has 2 heterocycles. The van der Waals surface area contributed by atoms with Crippen molar-refractivity contribution in [3.63, 3.8) is 0 Å². The SMILES string of the molecule is COc1cc(Nc2ncc(-c3ccccc3NC(=O)C(C)OC)o2)ccc1-c1cnco1. The number of ether oxygens (including phenoxy) is 2. The number of aromatic nitrogens is 2. The van der Waals surface area contributed by atoms with E-state index in [0.29, 0.717) is 40.2 Å². The van der Waals surface area contributed by atoms with Gasteiger partial charge in [0.15, 0.2) is 17.9 Å². The van der Waals surface area contributed by atoms with E-state index in [1.54, 1.807) is 32.5 Å². The van der Waals surface area contributed by atoms with Crippen LogP contribution in [0.5, 0.6) is 5.75 Å². The predicted molar refractivity (Wildman–Crippen MR) is 119 cm³/mol. The number of carbonyl (C=O) groups is 1. The molecule has 1 atom stereocenters. The maximum atomic E-state index is 12.2. The van der Waals surface area contributed by atoms with E-state index in [1.807, 2.05) is 36.4 Å². The van der Waals surface area contributed by atoms with Crippen LogP contribution in [0.25, 0.3) is 22.6 Å². The predicted octanol–water partition coefficient (Wildman–Crippen LogP) is 4.72. The van der Waals surface area contributed by atoms with Crippen molar-refractivity contribution in [2.24, 2.45) is 0 Å². The number of rotatable bonds is 8. The molecule has 9 heteroatoms. The maximum absolute atomic E-state index is 12.2. The Morgan fingerprint density at radius 2 is 1.91 bits per heavy atom. The summed E-state index contributed by atoms with van der Waals surface area (Å²) in [5, 5.41) is 5.97. The van der Waals surface area contributed by atoms with E-state index >= 15 is 0 Å². The minimum atomic E-state index is -0.579. The first-order valence-electron chi connectivity index (χ1n) is 9.82. The van der Waals surface area contributed by atoms with Gasteiger partial charge in [-0.2, -0.15) is 0 Å². The summed E-state index contributed by atoms with van der Waals surface area (Å²) < 4.78 is 21.8. The molecule has 164 valence electrons. The van der Waals surface area contributed by atoms with E-state index in [4.69, 9.17) is 18.3 Å². The third-order valence-corrected chi connectivity index (χ3v) is 4.83. The highest BCUT2D eigenvalue weighted by Crippen LogP contribution is 2.34. The Bertz CT molecular complexity index is 1200. The average Bonchev–Trinajstić information content (AvgIpc) is 3.51. The Hall–Kier alpha value is -4.11. The minimum absolute atomic E-state index is 0.253. The van der Waals surface area contributed by atoms with Crippen molar-refractivity contribution in [1.29, 1.82) is 0 Å². The molecular formula is C23H22N4O5. The molecule has 1 unspecified atom stereocenters. The number of nitrogens with zero attached hydrogens (tertiary/aromatic N) is 2. The van der Waals surface area contributed by atoms with Crippen LogP contribution in [0.3, 0.4) is 0 Å². The van der Waals surface area contributed by atoms with Crippen molar-refractivity contribution < 1.29 is 23.1 Å². The first-order valence-corrected chi connectivity index (χ1v) is 9.82. The van der Waals surface area contributed by atoms with Crippen LogP contribution in [0.4, 0.5) is 17.4 Å². The Balaban J connectivity index is 1.55. The molecular weight excluding hydrogens is 412 g/mol. The standard InChI is InChI=1S/C23H22N4O5/c1-14(29-2)22(28)27-18-7-5-4-6-16(18)21-12-25-23(32-21)26-15-8-9-17(19(10-15)30-3)20-11-24-13-31-20/h4-14H,1-3H3,(H,25,26)(H,27,28). The zero-order chi connectivity index (χ0) is 22.5. The van der Waals surface area contributed by atoms with E-state index in [9.17, 15) is 4.79 Å². The zero-order valence-corrected chi connectivity index (χ0v) is 17.8. The zero-order valence-electron chi connectivity index (χ0n) is 17.8. The molecule has 0 spiro atoms. The molecule has 1 amide bonds. The Morgan fingerprint density at radius 1 is 1.06 bits per heavy atom. The Kier molecular flexibility index (Phi) is 6.18. The van der Waals surface area contributed by atoms with Crippen LogP contribution >= 0.6 is 0 Å². The molecule has 0 aliphatic rings. The topological polar surface area (TPSA) is 112 Å². The van der Waals surface area contributed by atoms with Gasteiger partial charge in [0.2, 0.25) is 0 Å². The lowest BCUT2D eigenvalue weighted by atomic mass is 10.1. The smallest absolute Gasteiger partial charge is 0.299 e. The highest BCUT2D eigenvalue weighted by molar-refractivity contribution is 5.97. The number of oxazole rings is 2. The van der Waals surface area contributed by atoms with Crippen molar-refractivity contribution in [1.82, 2.24) is 9.97 Å². The van der Waals surface area contributed by atoms with Gasteiger partial charge in [0.1, 0.15) is 11.9 Å². The fourth-order valence-corrected chi connectivity index (χ4v) is 3.05. The highest BCUT2D eigenvalue weighted by Gasteiger charge is 2.17. The van der Waals surface area contributed by atoms with Crippen LogP contribution in [0, 0.1) is 0 Å². The molecule has 32 heavy (non-hydrogen) atoms. The Labute approximate surface area is 184 Å². The van der Waals surface area contributed by atoms with Gasteiger partial charge in [-0.25, -0.2) is 9.97 Å². The first kappa shape index (κ1) is 21.1.